The molecule has 3 aromatic rings. The Labute approximate surface area is 183 Å². The fraction of sp³-hybridized carbons (Fsp3) is 0.240. The van der Waals surface area contributed by atoms with E-state index in [1.54, 1.807) is 31.2 Å². The Hall–Kier alpha value is -3.35. The molecule has 0 saturated heterocycles. The molecular weight excluding hydrogens is 424 g/mol. The molecular formula is C25H22F4O3. The van der Waals surface area contributed by atoms with Gasteiger partial charge in [0.25, 0.3) is 6.43 Å². The Bertz CT molecular complexity index is 1100. The monoisotopic (exact) mass is 446 g/mol. The quantitative estimate of drug-likeness (QED) is 0.210. The fourth-order valence-corrected chi connectivity index (χ4v) is 3.34. The van der Waals surface area contributed by atoms with Crippen molar-refractivity contribution in [3.8, 4) is 22.6 Å². The third kappa shape index (κ3) is 5.10. The van der Waals surface area contributed by atoms with E-state index in [1.165, 1.54) is 12.1 Å². The molecule has 0 aromatic heterocycles. The topological polar surface area (TPSA) is 35.5 Å². The maximum Gasteiger partial charge on any atom is 0.344 e. The van der Waals surface area contributed by atoms with Gasteiger partial charge in [0.15, 0.2) is 0 Å². The second-order valence-electron chi connectivity index (χ2n) is 7.05. The molecule has 0 unspecified atom stereocenters. The van der Waals surface area contributed by atoms with Gasteiger partial charge in [0, 0.05) is 17.2 Å². The number of hydrogen-bond donors (Lipinski definition) is 0. The van der Waals surface area contributed by atoms with Gasteiger partial charge in [0.05, 0.1) is 17.7 Å². The van der Waals surface area contributed by atoms with Gasteiger partial charge >= 0.3 is 5.97 Å². The van der Waals surface area contributed by atoms with Crippen LogP contribution in [0.3, 0.4) is 0 Å². The first-order valence-corrected chi connectivity index (χ1v) is 10.2. The highest BCUT2D eigenvalue weighted by Crippen LogP contribution is 2.35. The van der Waals surface area contributed by atoms with Crippen molar-refractivity contribution in [1.82, 2.24) is 0 Å². The number of hydrogen-bond acceptors (Lipinski definition) is 3. The van der Waals surface area contributed by atoms with Gasteiger partial charge in [-0.3, -0.25) is 0 Å². The van der Waals surface area contributed by atoms with Crippen LogP contribution in [0.25, 0.3) is 11.1 Å². The van der Waals surface area contributed by atoms with Crippen molar-refractivity contribution in [3.63, 3.8) is 0 Å². The van der Waals surface area contributed by atoms with E-state index >= 15 is 4.39 Å². The highest BCUT2D eigenvalue weighted by atomic mass is 19.3. The summed E-state index contributed by atoms with van der Waals surface area (Å²) in [6, 6.07) is 12.4. The highest BCUT2D eigenvalue weighted by Gasteiger charge is 2.27. The van der Waals surface area contributed by atoms with Crippen molar-refractivity contribution in [1.29, 1.82) is 0 Å². The lowest BCUT2D eigenvalue weighted by Crippen LogP contribution is -2.14. The lowest BCUT2D eigenvalue weighted by atomic mass is 9.97. The van der Waals surface area contributed by atoms with E-state index in [0.29, 0.717) is 6.61 Å². The third-order valence-electron chi connectivity index (χ3n) is 4.83. The average molecular weight is 446 g/mol. The number of alkyl halides is 2. The van der Waals surface area contributed by atoms with Crippen LogP contribution in [0.15, 0.2) is 54.6 Å². The summed E-state index contributed by atoms with van der Waals surface area (Å²) in [6.45, 7) is 4.05. The molecule has 0 saturated carbocycles. The molecule has 3 nitrogen and oxygen atoms in total. The Morgan fingerprint density at radius 2 is 1.56 bits per heavy atom. The molecule has 0 fully saturated rings. The molecule has 32 heavy (non-hydrogen) atoms. The van der Waals surface area contributed by atoms with E-state index in [0.717, 1.165) is 36.6 Å². The van der Waals surface area contributed by atoms with E-state index < -0.39 is 35.2 Å². The predicted molar refractivity (Wildman–Crippen MR) is 113 cm³/mol. The molecule has 0 atom stereocenters. The second-order valence-corrected chi connectivity index (χ2v) is 7.05. The number of ether oxygens (including phenoxy) is 2. The number of carbonyl (C=O) groups is 1. The van der Waals surface area contributed by atoms with Gasteiger partial charge in [0.2, 0.25) is 0 Å². The first kappa shape index (κ1) is 23.3. The van der Waals surface area contributed by atoms with E-state index in [1.807, 2.05) is 6.92 Å². The molecule has 0 aliphatic heterocycles. The zero-order valence-corrected chi connectivity index (χ0v) is 17.6. The summed E-state index contributed by atoms with van der Waals surface area (Å²) in [5, 5.41) is 0. The lowest BCUT2D eigenvalue weighted by molar-refractivity contribution is 0.0720. The first-order chi connectivity index (χ1) is 15.3. The van der Waals surface area contributed by atoms with E-state index in [2.05, 4.69) is 0 Å². The number of carbonyl (C=O) groups excluding carboxylic acids is 1. The van der Waals surface area contributed by atoms with Crippen LogP contribution in [0.1, 0.15) is 48.2 Å². The van der Waals surface area contributed by atoms with Crippen molar-refractivity contribution in [2.75, 3.05) is 6.61 Å². The van der Waals surface area contributed by atoms with Crippen LogP contribution in [-0.2, 0) is 6.42 Å². The van der Waals surface area contributed by atoms with E-state index in [4.69, 9.17) is 9.47 Å². The number of halogens is 4. The van der Waals surface area contributed by atoms with E-state index in [9.17, 15) is 18.0 Å². The molecule has 0 radical (unpaired) electrons. The second kappa shape index (κ2) is 10.3. The minimum atomic E-state index is -3.31. The third-order valence-corrected chi connectivity index (χ3v) is 4.83. The molecule has 7 heteroatoms. The zero-order chi connectivity index (χ0) is 23.3. The SMILES string of the molecule is CCCc1ccc(OC(=O)c2ccc(-c3ccc(OCC)cc3F)c(F)c2C(F)F)cc1. The van der Waals surface area contributed by atoms with Crippen LogP contribution in [-0.4, -0.2) is 12.6 Å². The first-order valence-electron chi connectivity index (χ1n) is 10.2. The van der Waals surface area contributed by atoms with Crippen LogP contribution >= 0.6 is 0 Å². The maximum absolute atomic E-state index is 15.0. The molecule has 0 aliphatic rings. The van der Waals surface area contributed by atoms with Crippen LogP contribution in [0.5, 0.6) is 11.5 Å². The summed E-state index contributed by atoms with van der Waals surface area (Å²) in [6.07, 6.45) is -1.52. The minimum absolute atomic E-state index is 0.150. The van der Waals surface area contributed by atoms with Gasteiger partial charge < -0.3 is 9.47 Å². The summed E-state index contributed by atoms with van der Waals surface area (Å²) >= 11 is 0. The molecule has 0 bridgehead atoms. The molecule has 3 aromatic carbocycles. The van der Waals surface area contributed by atoms with Gasteiger partial charge in [-0.15, -0.1) is 0 Å². The lowest BCUT2D eigenvalue weighted by Gasteiger charge is -2.14. The molecule has 0 amide bonds. The van der Waals surface area contributed by atoms with Gasteiger partial charge in [-0.1, -0.05) is 31.5 Å². The Morgan fingerprint density at radius 1 is 0.906 bits per heavy atom. The Morgan fingerprint density at radius 3 is 2.16 bits per heavy atom. The van der Waals surface area contributed by atoms with Crippen LogP contribution < -0.4 is 9.47 Å². The van der Waals surface area contributed by atoms with Crippen LogP contribution in [0.4, 0.5) is 17.6 Å². The van der Waals surface area contributed by atoms with Gasteiger partial charge in [-0.05, 0) is 49.2 Å². The summed E-state index contributed by atoms with van der Waals surface area (Å²) in [4.78, 5) is 12.5. The molecule has 0 N–H and O–H groups in total. The fourth-order valence-electron chi connectivity index (χ4n) is 3.34. The van der Waals surface area contributed by atoms with Crippen LogP contribution in [0, 0.1) is 11.6 Å². The molecule has 3 rings (SSSR count). The summed E-state index contributed by atoms with van der Waals surface area (Å²) in [5.74, 6) is -2.96. The van der Waals surface area contributed by atoms with Crippen molar-refractivity contribution in [2.45, 2.75) is 33.1 Å². The normalized spacial score (nSPS) is 11.0. The number of aryl methyl sites for hydroxylation is 1. The Kier molecular flexibility index (Phi) is 7.51. The highest BCUT2D eigenvalue weighted by molar-refractivity contribution is 5.93. The maximum atomic E-state index is 15.0. The minimum Gasteiger partial charge on any atom is -0.494 e. The summed E-state index contributed by atoms with van der Waals surface area (Å²) in [7, 11) is 0. The van der Waals surface area contributed by atoms with Crippen molar-refractivity contribution < 1.29 is 31.8 Å². The van der Waals surface area contributed by atoms with E-state index in [-0.39, 0.29) is 22.6 Å². The smallest absolute Gasteiger partial charge is 0.344 e. The Balaban J connectivity index is 1.94. The number of rotatable bonds is 8. The van der Waals surface area contributed by atoms with Gasteiger partial charge in [0.1, 0.15) is 23.1 Å². The largest absolute Gasteiger partial charge is 0.494 e. The number of esters is 1. The van der Waals surface area contributed by atoms with Crippen molar-refractivity contribution in [3.05, 3.63) is 82.9 Å². The molecule has 0 spiro atoms. The zero-order valence-electron chi connectivity index (χ0n) is 17.6. The van der Waals surface area contributed by atoms with Crippen molar-refractivity contribution in [2.24, 2.45) is 0 Å². The molecule has 168 valence electrons. The van der Waals surface area contributed by atoms with Crippen LogP contribution in [0.2, 0.25) is 0 Å². The van der Waals surface area contributed by atoms with Gasteiger partial charge in [-0.2, -0.15) is 0 Å². The standard InChI is InChI=1S/C25H22F4O3/c1-3-5-15-6-8-16(9-7-15)32-25(30)20-13-12-19(23(27)22(20)24(28)29)18-11-10-17(31-4-2)14-21(18)26/h6-14,24H,3-5H2,1-2H3. The average Bonchev–Trinajstić information content (AvgIpc) is 2.75. The molecule has 0 heterocycles. The molecule has 0 aliphatic carbocycles. The number of benzene rings is 3. The van der Waals surface area contributed by atoms with Gasteiger partial charge in [-0.25, -0.2) is 22.4 Å². The predicted octanol–water partition coefficient (Wildman–Crippen LogP) is 7.14. The summed E-state index contributed by atoms with van der Waals surface area (Å²) in [5.41, 5.74) is -1.33. The van der Waals surface area contributed by atoms with Crippen molar-refractivity contribution >= 4 is 5.97 Å². The summed E-state index contributed by atoms with van der Waals surface area (Å²) < 4.78 is 67.3.